The van der Waals surface area contributed by atoms with Crippen LogP contribution in [0, 0.1) is 10.8 Å². The first-order chi connectivity index (χ1) is 12.5. The summed E-state index contributed by atoms with van der Waals surface area (Å²) in [5.41, 5.74) is 0.359. The van der Waals surface area contributed by atoms with Gasteiger partial charge in [-0.3, -0.25) is 4.79 Å². The van der Waals surface area contributed by atoms with Gasteiger partial charge in [0.1, 0.15) is 6.04 Å². The molecule has 4 atom stereocenters. The second kappa shape index (κ2) is 6.27. The van der Waals surface area contributed by atoms with Crippen LogP contribution in [0.15, 0.2) is 17.5 Å². The Labute approximate surface area is 166 Å². The normalized spacial score (nSPS) is 38.1. The summed E-state index contributed by atoms with van der Waals surface area (Å²) in [6, 6.07) is 3.08. The topological polar surface area (TPSA) is 69.7 Å². The maximum atomic E-state index is 13.5. The van der Waals surface area contributed by atoms with Crippen LogP contribution in [0.25, 0.3) is 0 Å². The SMILES string of the molecule is CN1C(C(=O)N2CC3(C)CC2CC(C)(C)C3)CC(c2cccs2)NS1(=O)=O. The van der Waals surface area contributed by atoms with Crippen molar-refractivity contribution >= 4 is 27.5 Å². The van der Waals surface area contributed by atoms with Gasteiger partial charge in [0.15, 0.2) is 0 Å². The predicted octanol–water partition coefficient (Wildman–Crippen LogP) is 2.75. The summed E-state index contributed by atoms with van der Waals surface area (Å²) in [5.74, 6) is -0.0319. The van der Waals surface area contributed by atoms with E-state index in [4.69, 9.17) is 0 Å². The number of rotatable bonds is 2. The fourth-order valence-corrected chi connectivity index (χ4v) is 7.81. The molecule has 0 spiro atoms. The second-order valence-corrected chi connectivity index (χ2v) is 12.4. The van der Waals surface area contributed by atoms with Crippen LogP contribution < -0.4 is 4.72 Å². The minimum absolute atomic E-state index is 0.0319. The van der Waals surface area contributed by atoms with Crippen LogP contribution in [-0.2, 0) is 15.0 Å². The molecule has 0 radical (unpaired) electrons. The smallest absolute Gasteiger partial charge is 0.280 e. The van der Waals surface area contributed by atoms with E-state index < -0.39 is 16.3 Å². The first kappa shape index (κ1) is 19.4. The van der Waals surface area contributed by atoms with Crippen molar-refractivity contribution < 1.29 is 13.2 Å². The largest absolute Gasteiger partial charge is 0.338 e. The number of likely N-dealkylation sites (N-methyl/N-ethyl adjacent to an activating group) is 1. The van der Waals surface area contributed by atoms with Crippen LogP contribution in [0.4, 0.5) is 0 Å². The van der Waals surface area contributed by atoms with E-state index in [1.54, 1.807) is 0 Å². The van der Waals surface area contributed by atoms with Crippen LogP contribution in [0.2, 0.25) is 0 Å². The Morgan fingerprint density at radius 2 is 2.04 bits per heavy atom. The summed E-state index contributed by atoms with van der Waals surface area (Å²) in [6.45, 7) is 7.56. The third kappa shape index (κ3) is 3.45. The number of thiophene rings is 1. The molecule has 8 heteroatoms. The molecule has 3 heterocycles. The summed E-state index contributed by atoms with van der Waals surface area (Å²) < 4.78 is 29.3. The molecule has 1 aromatic rings. The van der Waals surface area contributed by atoms with E-state index in [0.29, 0.717) is 6.42 Å². The third-order valence-corrected chi connectivity index (χ3v) is 9.02. The first-order valence-corrected chi connectivity index (χ1v) is 11.9. The lowest BCUT2D eigenvalue weighted by atomic mass is 9.65. The molecule has 1 amide bonds. The maximum absolute atomic E-state index is 13.5. The summed E-state index contributed by atoms with van der Waals surface area (Å²) in [4.78, 5) is 16.4. The minimum Gasteiger partial charge on any atom is -0.338 e. The average Bonchev–Trinajstić information content (AvgIpc) is 3.14. The van der Waals surface area contributed by atoms with E-state index in [-0.39, 0.29) is 28.8 Å². The predicted molar refractivity (Wildman–Crippen MR) is 107 cm³/mol. The van der Waals surface area contributed by atoms with Gasteiger partial charge in [0.2, 0.25) is 5.91 Å². The van der Waals surface area contributed by atoms with Gasteiger partial charge < -0.3 is 4.90 Å². The standard InChI is InChI=1S/C19H29N3O3S2/c1-18(2)9-13-10-19(3,11-18)12-22(13)17(23)15-8-14(16-6-5-7-26-16)20-27(24,25)21(15)4/h5-7,13-15,20H,8-12H2,1-4H3. The molecule has 1 N–H and O–H groups in total. The van der Waals surface area contributed by atoms with Crippen molar-refractivity contribution in [1.29, 1.82) is 0 Å². The van der Waals surface area contributed by atoms with E-state index in [0.717, 1.165) is 30.7 Å². The molecular weight excluding hydrogens is 382 g/mol. The van der Waals surface area contributed by atoms with E-state index >= 15 is 0 Å². The van der Waals surface area contributed by atoms with Crippen molar-refractivity contribution in [2.75, 3.05) is 13.6 Å². The third-order valence-electron chi connectivity index (χ3n) is 6.44. The number of carbonyl (C=O) groups is 1. The van der Waals surface area contributed by atoms with Crippen LogP contribution >= 0.6 is 11.3 Å². The monoisotopic (exact) mass is 411 g/mol. The van der Waals surface area contributed by atoms with Gasteiger partial charge in [0.05, 0.1) is 6.04 Å². The number of nitrogens with one attached hydrogen (secondary N) is 1. The maximum Gasteiger partial charge on any atom is 0.280 e. The number of nitrogens with zero attached hydrogens (tertiary/aromatic N) is 2. The second-order valence-electron chi connectivity index (χ2n) is 9.64. The summed E-state index contributed by atoms with van der Waals surface area (Å²) in [5, 5.41) is 1.94. The number of hydrogen-bond donors (Lipinski definition) is 1. The van der Waals surface area contributed by atoms with Crippen molar-refractivity contribution in [1.82, 2.24) is 13.9 Å². The number of fused-ring (bicyclic) bond motifs is 2. The highest BCUT2D eigenvalue weighted by Gasteiger charge is 2.53. The van der Waals surface area contributed by atoms with Gasteiger partial charge in [-0.2, -0.15) is 17.4 Å². The van der Waals surface area contributed by atoms with E-state index in [1.165, 1.54) is 22.7 Å². The number of amides is 1. The van der Waals surface area contributed by atoms with Gasteiger partial charge in [0, 0.05) is 24.5 Å². The Kier molecular flexibility index (Phi) is 4.50. The van der Waals surface area contributed by atoms with Gasteiger partial charge in [0.25, 0.3) is 10.2 Å². The molecule has 2 aliphatic heterocycles. The summed E-state index contributed by atoms with van der Waals surface area (Å²) in [7, 11) is -2.16. The molecular formula is C19H29N3O3S2. The zero-order chi connectivity index (χ0) is 19.6. The average molecular weight is 412 g/mol. The molecule has 1 aliphatic carbocycles. The Balaban J connectivity index is 1.60. The summed E-state index contributed by atoms with van der Waals surface area (Å²) >= 11 is 1.52. The molecule has 4 unspecified atom stereocenters. The number of likely N-dealkylation sites (tertiary alicyclic amines) is 1. The highest BCUT2D eigenvalue weighted by atomic mass is 32.2. The summed E-state index contributed by atoms with van der Waals surface area (Å²) in [6.07, 6.45) is 3.60. The van der Waals surface area contributed by atoms with E-state index in [9.17, 15) is 13.2 Å². The lowest BCUT2D eigenvalue weighted by Gasteiger charge is -2.40. The molecule has 1 saturated carbocycles. The molecule has 1 aromatic heterocycles. The molecule has 4 rings (SSSR count). The van der Waals surface area contributed by atoms with Crippen molar-refractivity contribution in [2.45, 2.75) is 64.6 Å². The Morgan fingerprint density at radius 1 is 1.30 bits per heavy atom. The fourth-order valence-electron chi connectivity index (χ4n) is 5.68. The number of hydrogen-bond acceptors (Lipinski definition) is 4. The molecule has 3 fully saturated rings. The Morgan fingerprint density at radius 3 is 2.70 bits per heavy atom. The van der Waals surface area contributed by atoms with Gasteiger partial charge in [-0.25, -0.2) is 0 Å². The van der Waals surface area contributed by atoms with Crippen LogP contribution in [0.5, 0.6) is 0 Å². The van der Waals surface area contributed by atoms with Gasteiger partial charge in [-0.15, -0.1) is 11.3 Å². The van der Waals surface area contributed by atoms with Crippen molar-refractivity contribution in [3.8, 4) is 0 Å². The first-order valence-electron chi connectivity index (χ1n) is 9.59. The van der Waals surface area contributed by atoms with Crippen LogP contribution in [-0.4, -0.2) is 49.2 Å². The van der Waals surface area contributed by atoms with Crippen LogP contribution in [0.3, 0.4) is 0 Å². The van der Waals surface area contributed by atoms with Crippen LogP contribution in [0.1, 0.15) is 57.4 Å². The van der Waals surface area contributed by atoms with Crippen molar-refractivity contribution in [2.24, 2.45) is 10.8 Å². The van der Waals surface area contributed by atoms with Crippen molar-refractivity contribution in [3.63, 3.8) is 0 Å². The molecule has 2 bridgehead atoms. The fraction of sp³-hybridized carbons (Fsp3) is 0.737. The molecule has 150 valence electrons. The molecule has 27 heavy (non-hydrogen) atoms. The highest BCUT2D eigenvalue weighted by Crippen LogP contribution is 2.52. The lowest BCUT2D eigenvalue weighted by molar-refractivity contribution is -0.137. The number of carbonyl (C=O) groups excluding carboxylic acids is 1. The van der Waals surface area contributed by atoms with E-state index in [2.05, 4.69) is 25.5 Å². The zero-order valence-corrected chi connectivity index (χ0v) is 18.1. The molecule has 2 saturated heterocycles. The van der Waals surface area contributed by atoms with Crippen molar-refractivity contribution in [3.05, 3.63) is 22.4 Å². The van der Waals surface area contributed by atoms with Gasteiger partial charge >= 0.3 is 0 Å². The quantitative estimate of drug-likeness (QED) is 0.814. The Bertz CT molecular complexity index is 836. The highest BCUT2D eigenvalue weighted by molar-refractivity contribution is 7.87. The van der Waals surface area contributed by atoms with Gasteiger partial charge in [-0.05, 0) is 48.0 Å². The molecule has 0 aromatic carbocycles. The lowest BCUT2D eigenvalue weighted by Crippen LogP contribution is -2.58. The van der Waals surface area contributed by atoms with E-state index in [1.807, 2.05) is 22.4 Å². The van der Waals surface area contributed by atoms with Gasteiger partial charge in [-0.1, -0.05) is 26.8 Å². The molecule has 6 nitrogen and oxygen atoms in total. The minimum atomic E-state index is -3.68. The Hall–Kier alpha value is -0.960. The molecule has 3 aliphatic rings. The zero-order valence-electron chi connectivity index (χ0n) is 16.4.